The summed E-state index contributed by atoms with van der Waals surface area (Å²) in [7, 11) is -0.817. The lowest BCUT2D eigenvalue weighted by Crippen LogP contribution is -2.63. The number of hydrogen-bond acceptors (Lipinski definition) is 4. The molecule has 0 bridgehead atoms. The molecule has 4 nitrogen and oxygen atoms in total. The highest BCUT2D eigenvalue weighted by Gasteiger charge is 2.61. The number of rotatable bonds is 11. The first kappa shape index (κ1) is 31.8. The lowest BCUT2D eigenvalue weighted by molar-refractivity contribution is -0.0307. The number of methoxy groups -OCH3 is 1. The minimum Gasteiger partial charge on any atom is -0.497 e. The van der Waals surface area contributed by atoms with Gasteiger partial charge in [0.1, 0.15) is 5.75 Å². The molecule has 1 aliphatic heterocycles. The summed E-state index contributed by atoms with van der Waals surface area (Å²) in [5.41, 5.74) is 2.54. The molecule has 210 valence electrons. The van der Waals surface area contributed by atoms with Gasteiger partial charge in [-0.25, -0.2) is 0 Å². The minimum absolute atomic E-state index is 0.00962. The first-order valence-corrected chi connectivity index (χ1v) is 15.8. The molecule has 1 aromatic rings. The van der Waals surface area contributed by atoms with Crippen LogP contribution in [0.15, 0.2) is 48.6 Å². The van der Waals surface area contributed by atoms with Crippen molar-refractivity contribution in [3.05, 3.63) is 54.1 Å². The maximum absolute atomic E-state index is 7.06. The van der Waals surface area contributed by atoms with Crippen LogP contribution in [0.5, 0.6) is 5.75 Å². The van der Waals surface area contributed by atoms with Crippen molar-refractivity contribution in [1.29, 1.82) is 0 Å². The van der Waals surface area contributed by atoms with E-state index in [0.29, 0.717) is 18.4 Å². The topological polar surface area (TPSA) is 36.9 Å². The van der Waals surface area contributed by atoms with Crippen LogP contribution in [0, 0.1) is 11.8 Å². The lowest BCUT2D eigenvalue weighted by Gasteiger charge is -2.55. The quantitative estimate of drug-likeness (QED) is 0.211. The van der Waals surface area contributed by atoms with Gasteiger partial charge in [0.2, 0.25) is 0 Å². The van der Waals surface area contributed by atoms with E-state index in [1.165, 1.54) is 5.57 Å². The Kier molecular flexibility index (Phi) is 11.3. The molecule has 37 heavy (non-hydrogen) atoms. The fourth-order valence-corrected chi connectivity index (χ4v) is 11.0. The fourth-order valence-electron chi connectivity index (χ4n) is 5.92. The van der Waals surface area contributed by atoms with Crippen molar-refractivity contribution in [3.8, 4) is 5.75 Å². The van der Waals surface area contributed by atoms with Crippen LogP contribution in [-0.4, -0.2) is 34.0 Å². The smallest absolute Gasteiger partial charge is 0.349 e. The van der Waals surface area contributed by atoms with Gasteiger partial charge in [0.25, 0.3) is 0 Å². The molecule has 0 spiro atoms. The van der Waals surface area contributed by atoms with Crippen LogP contribution in [0.25, 0.3) is 0 Å². The molecule has 0 unspecified atom stereocenters. The van der Waals surface area contributed by atoms with E-state index in [-0.39, 0.29) is 28.4 Å². The number of ether oxygens (including phenoxy) is 2. The lowest BCUT2D eigenvalue weighted by atomic mass is 9.91. The predicted octanol–water partition coefficient (Wildman–Crippen LogP) is 9.00. The maximum atomic E-state index is 7.06. The Labute approximate surface area is 229 Å². The van der Waals surface area contributed by atoms with Gasteiger partial charge < -0.3 is 18.3 Å². The molecule has 0 aliphatic carbocycles. The van der Waals surface area contributed by atoms with Gasteiger partial charge in [0.15, 0.2) is 0 Å². The molecule has 1 fully saturated rings. The second-order valence-corrected chi connectivity index (χ2v) is 17.9. The summed E-state index contributed by atoms with van der Waals surface area (Å²) >= 11 is 0. The number of benzene rings is 1. The van der Waals surface area contributed by atoms with E-state index in [0.717, 1.165) is 30.6 Å². The summed E-state index contributed by atoms with van der Waals surface area (Å²) in [4.78, 5) is 0. The van der Waals surface area contributed by atoms with Crippen LogP contribution in [0.2, 0.25) is 10.1 Å². The van der Waals surface area contributed by atoms with Crippen LogP contribution < -0.4 is 4.74 Å². The molecule has 5 heteroatoms. The molecule has 2 rings (SSSR count). The Bertz CT molecular complexity index is 864. The normalized spacial score (nSPS) is 23.3. The number of hydrogen-bond donors (Lipinski definition) is 0. The molecule has 0 radical (unpaired) electrons. The maximum Gasteiger partial charge on any atom is 0.349 e. The van der Waals surface area contributed by atoms with Crippen LogP contribution in [-0.2, 0) is 20.2 Å². The van der Waals surface area contributed by atoms with E-state index in [2.05, 4.69) is 94.0 Å². The molecule has 1 aromatic carbocycles. The summed E-state index contributed by atoms with van der Waals surface area (Å²) in [6, 6.07) is 8.09. The highest BCUT2D eigenvalue weighted by Crippen LogP contribution is 2.55. The first-order chi connectivity index (χ1) is 17.1. The van der Waals surface area contributed by atoms with Crippen molar-refractivity contribution in [3.63, 3.8) is 0 Å². The number of allylic oxidation sites excluding steroid dienone is 1. The predicted molar refractivity (Wildman–Crippen MR) is 158 cm³/mol. The minimum atomic E-state index is -2.50. The van der Waals surface area contributed by atoms with Crippen molar-refractivity contribution >= 4 is 8.56 Å². The largest absolute Gasteiger partial charge is 0.497 e. The summed E-state index contributed by atoms with van der Waals surface area (Å²) in [6.07, 6.45) is 7.68. The van der Waals surface area contributed by atoms with Gasteiger partial charge in [-0.2, -0.15) is 0 Å². The van der Waals surface area contributed by atoms with Crippen LogP contribution in [0.3, 0.4) is 0 Å². The Morgan fingerprint density at radius 1 is 1.08 bits per heavy atom. The van der Waals surface area contributed by atoms with Crippen LogP contribution >= 0.6 is 0 Å². The van der Waals surface area contributed by atoms with Crippen molar-refractivity contribution in [2.45, 2.75) is 123 Å². The SMILES string of the molecule is C=CC[C@@H](OCc1ccc(OC)cc1)[C@@H](C)C/C(C)=C/[C@@H](C)[C@H]1C[C@@H](C)O[Si](C(C)(C)C)(C(C)(C)C)O1. The molecule has 1 aliphatic rings. The van der Waals surface area contributed by atoms with Gasteiger partial charge in [-0.05, 0) is 62.6 Å². The second kappa shape index (κ2) is 13.1. The van der Waals surface area contributed by atoms with E-state index >= 15 is 0 Å². The van der Waals surface area contributed by atoms with Gasteiger partial charge in [0.05, 0.1) is 25.9 Å². The Morgan fingerprint density at radius 2 is 1.68 bits per heavy atom. The van der Waals surface area contributed by atoms with Crippen LogP contribution in [0.1, 0.15) is 94.1 Å². The highest BCUT2D eigenvalue weighted by molar-refractivity contribution is 6.73. The van der Waals surface area contributed by atoms with E-state index in [1.807, 2.05) is 18.2 Å². The molecule has 0 amide bonds. The molecule has 1 heterocycles. The third kappa shape index (κ3) is 8.29. The summed E-state index contributed by atoms with van der Waals surface area (Å²) in [6.45, 7) is 27.4. The summed E-state index contributed by atoms with van der Waals surface area (Å²) < 4.78 is 25.4. The third-order valence-corrected chi connectivity index (χ3v) is 13.0. The van der Waals surface area contributed by atoms with Crippen molar-refractivity contribution in [1.82, 2.24) is 0 Å². The zero-order valence-corrected chi connectivity index (χ0v) is 26.5. The average Bonchev–Trinajstić information content (AvgIpc) is 2.80. The standard InChI is InChI=1S/C32H54O4Si/c1-13-14-29(34-22-27-15-17-28(33-12)18-16-27)24(3)19-23(2)20-25(4)30-21-26(5)35-37(36-30,31(6,7)8)32(9,10)11/h13,15-18,20,24-26,29-30H,1,14,19,21-22H2,2-12H3/b23-20+/t24-,25+,26+,29+,30+/m0/s1. The summed E-state index contributed by atoms with van der Waals surface area (Å²) in [5.74, 6) is 1.57. The molecule has 1 saturated heterocycles. The average molecular weight is 531 g/mol. The first-order valence-electron chi connectivity index (χ1n) is 14.0. The Balaban J connectivity index is 2.09. The molecular formula is C32H54O4Si. The zero-order chi connectivity index (χ0) is 28.0. The Hall–Kier alpha value is -1.40. The van der Waals surface area contributed by atoms with Gasteiger partial charge in [0, 0.05) is 16.2 Å². The van der Waals surface area contributed by atoms with Gasteiger partial charge >= 0.3 is 8.56 Å². The van der Waals surface area contributed by atoms with E-state index < -0.39 is 8.56 Å². The van der Waals surface area contributed by atoms with Crippen LogP contribution in [0.4, 0.5) is 0 Å². The third-order valence-electron chi connectivity index (χ3n) is 7.66. The molecule has 5 atom stereocenters. The van der Waals surface area contributed by atoms with Gasteiger partial charge in [-0.3, -0.25) is 0 Å². The highest BCUT2D eigenvalue weighted by atomic mass is 28.4. The Morgan fingerprint density at radius 3 is 2.19 bits per heavy atom. The molecule has 0 N–H and O–H groups in total. The summed E-state index contributed by atoms with van der Waals surface area (Å²) in [5, 5.41) is -0.0192. The zero-order valence-electron chi connectivity index (χ0n) is 25.5. The van der Waals surface area contributed by atoms with Crippen molar-refractivity contribution in [2.24, 2.45) is 11.8 Å². The van der Waals surface area contributed by atoms with Crippen molar-refractivity contribution in [2.75, 3.05) is 7.11 Å². The molecule has 0 aromatic heterocycles. The second-order valence-electron chi connectivity index (χ2n) is 13.2. The molecule has 0 saturated carbocycles. The fraction of sp³-hybridized carbons (Fsp3) is 0.688. The van der Waals surface area contributed by atoms with E-state index in [9.17, 15) is 0 Å². The van der Waals surface area contributed by atoms with Gasteiger partial charge in [-0.1, -0.05) is 85.2 Å². The van der Waals surface area contributed by atoms with E-state index in [4.69, 9.17) is 18.3 Å². The molecular weight excluding hydrogens is 476 g/mol. The van der Waals surface area contributed by atoms with E-state index in [1.54, 1.807) is 7.11 Å². The monoisotopic (exact) mass is 530 g/mol. The van der Waals surface area contributed by atoms with Gasteiger partial charge in [-0.15, -0.1) is 6.58 Å². The van der Waals surface area contributed by atoms with Crippen molar-refractivity contribution < 1.29 is 18.3 Å².